The average molecular weight is 421 g/mol. The molecule has 2 aromatic carbocycles. The minimum atomic E-state index is -0.269. The predicted molar refractivity (Wildman–Crippen MR) is 105 cm³/mol. The van der Waals surface area contributed by atoms with Gasteiger partial charge in [-0.15, -0.1) is 0 Å². The quantitative estimate of drug-likeness (QED) is 0.729. The van der Waals surface area contributed by atoms with Crippen LogP contribution in [-0.4, -0.2) is 26.0 Å². The van der Waals surface area contributed by atoms with E-state index in [0.29, 0.717) is 32.9 Å². The minimum Gasteiger partial charge on any atom is -0.496 e. The van der Waals surface area contributed by atoms with E-state index in [4.69, 9.17) is 9.47 Å². The number of rotatable bonds is 6. The molecule has 2 rings (SSSR count). The molecule has 2 aromatic rings. The van der Waals surface area contributed by atoms with Gasteiger partial charge in [0.1, 0.15) is 11.5 Å². The molecule has 0 saturated carbocycles. The molecular weight excluding hydrogens is 400 g/mol. The standard InChI is InChI=1S/C19H21BrN2O4/c1-11(2)18(23)22-15-7-6-13(10-17(15)26-4)21-19(24)12-5-8-16(25-3)14(20)9-12/h5-11H,1-4H3,(H,21,24)(H,22,23). The summed E-state index contributed by atoms with van der Waals surface area (Å²) in [5, 5.41) is 5.60. The molecular formula is C19H21BrN2O4. The Hall–Kier alpha value is -2.54. The lowest BCUT2D eigenvalue weighted by Gasteiger charge is -2.14. The highest BCUT2D eigenvalue weighted by Gasteiger charge is 2.13. The molecule has 0 atom stereocenters. The van der Waals surface area contributed by atoms with E-state index in [0.717, 1.165) is 0 Å². The number of benzene rings is 2. The highest BCUT2D eigenvalue weighted by atomic mass is 79.9. The fraction of sp³-hybridized carbons (Fsp3) is 0.263. The normalized spacial score (nSPS) is 10.4. The molecule has 0 fully saturated rings. The Morgan fingerprint density at radius 3 is 2.23 bits per heavy atom. The molecule has 26 heavy (non-hydrogen) atoms. The van der Waals surface area contributed by atoms with Crippen LogP contribution < -0.4 is 20.1 Å². The number of amides is 2. The summed E-state index contributed by atoms with van der Waals surface area (Å²) in [7, 11) is 3.07. The Balaban J connectivity index is 2.17. The minimum absolute atomic E-state index is 0.108. The summed E-state index contributed by atoms with van der Waals surface area (Å²) in [5.41, 5.74) is 1.59. The van der Waals surface area contributed by atoms with Crippen LogP contribution >= 0.6 is 15.9 Å². The van der Waals surface area contributed by atoms with Crippen LogP contribution in [0.4, 0.5) is 11.4 Å². The second kappa shape index (κ2) is 8.71. The van der Waals surface area contributed by atoms with E-state index >= 15 is 0 Å². The molecule has 0 radical (unpaired) electrons. The molecule has 0 aliphatic rings. The number of nitrogens with one attached hydrogen (secondary N) is 2. The average Bonchev–Trinajstić information content (AvgIpc) is 2.62. The first-order valence-electron chi connectivity index (χ1n) is 7.99. The molecule has 0 bridgehead atoms. The number of hydrogen-bond donors (Lipinski definition) is 2. The Labute approximate surface area is 161 Å². The van der Waals surface area contributed by atoms with Crippen molar-refractivity contribution in [2.75, 3.05) is 24.9 Å². The monoisotopic (exact) mass is 420 g/mol. The van der Waals surface area contributed by atoms with Gasteiger partial charge in [0.2, 0.25) is 5.91 Å². The van der Waals surface area contributed by atoms with Crippen LogP contribution in [0.25, 0.3) is 0 Å². The van der Waals surface area contributed by atoms with Crippen molar-refractivity contribution in [1.82, 2.24) is 0 Å². The van der Waals surface area contributed by atoms with Crippen molar-refractivity contribution in [2.24, 2.45) is 5.92 Å². The number of halogens is 1. The van der Waals surface area contributed by atoms with E-state index in [-0.39, 0.29) is 17.7 Å². The van der Waals surface area contributed by atoms with E-state index in [1.54, 1.807) is 43.5 Å². The van der Waals surface area contributed by atoms with Crippen molar-refractivity contribution >= 4 is 39.1 Å². The molecule has 0 unspecified atom stereocenters. The summed E-state index contributed by atoms with van der Waals surface area (Å²) in [6.45, 7) is 3.62. The highest BCUT2D eigenvalue weighted by Crippen LogP contribution is 2.29. The Bertz CT molecular complexity index is 821. The van der Waals surface area contributed by atoms with E-state index in [1.807, 2.05) is 13.8 Å². The SMILES string of the molecule is COc1ccc(C(=O)Nc2ccc(NC(=O)C(C)C)c(OC)c2)cc1Br. The van der Waals surface area contributed by atoms with Crippen LogP contribution in [0.1, 0.15) is 24.2 Å². The first kappa shape index (κ1) is 19.8. The van der Waals surface area contributed by atoms with Crippen LogP contribution in [-0.2, 0) is 4.79 Å². The summed E-state index contributed by atoms with van der Waals surface area (Å²) in [5.74, 6) is 0.589. The van der Waals surface area contributed by atoms with Gasteiger partial charge in [0.15, 0.2) is 0 Å². The van der Waals surface area contributed by atoms with Crippen LogP contribution in [0, 0.1) is 5.92 Å². The number of anilines is 2. The second-order valence-electron chi connectivity index (χ2n) is 5.86. The van der Waals surface area contributed by atoms with Gasteiger partial charge in [-0.25, -0.2) is 0 Å². The number of ether oxygens (including phenoxy) is 2. The number of carbonyl (C=O) groups excluding carboxylic acids is 2. The van der Waals surface area contributed by atoms with Gasteiger partial charge in [0.25, 0.3) is 5.91 Å². The summed E-state index contributed by atoms with van der Waals surface area (Å²) in [6.07, 6.45) is 0. The molecule has 0 spiro atoms. The predicted octanol–water partition coefficient (Wildman–Crippen LogP) is 4.31. The van der Waals surface area contributed by atoms with Crippen LogP contribution in [0.2, 0.25) is 0 Å². The maximum Gasteiger partial charge on any atom is 0.255 e. The zero-order chi connectivity index (χ0) is 19.3. The van der Waals surface area contributed by atoms with Gasteiger partial charge in [-0.1, -0.05) is 13.8 Å². The fourth-order valence-corrected chi connectivity index (χ4v) is 2.70. The largest absolute Gasteiger partial charge is 0.496 e. The smallest absolute Gasteiger partial charge is 0.255 e. The molecule has 6 nitrogen and oxygen atoms in total. The van der Waals surface area contributed by atoms with E-state index in [1.165, 1.54) is 7.11 Å². The van der Waals surface area contributed by atoms with Crippen molar-refractivity contribution in [1.29, 1.82) is 0 Å². The maximum atomic E-state index is 12.4. The van der Waals surface area contributed by atoms with Crippen LogP contribution in [0.15, 0.2) is 40.9 Å². The van der Waals surface area contributed by atoms with Crippen molar-refractivity contribution in [3.63, 3.8) is 0 Å². The van der Waals surface area contributed by atoms with Crippen LogP contribution in [0.5, 0.6) is 11.5 Å². The Morgan fingerprint density at radius 2 is 1.65 bits per heavy atom. The molecule has 0 aromatic heterocycles. The van der Waals surface area contributed by atoms with E-state index in [9.17, 15) is 9.59 Å². The van der Waals surface area contributed by atoms with Gasteiger partial charge in [-0.2, -0.15) is 0 Å². The third kappa shape index (κ3) is 4.76. The van der Waals surface area contributed by atoms with Crippen molar-refractivity contribution in [3.8, 4) is 11.5 Å². The molecule has 2 N–H and O–H groups in total. The molecule has 0 aliphatic heterocycles. The first-order chi connectivity index (χ1) is 12.3. The lowest BCUT2D eigenvalue weighted by molar-refractivity contribution is -0.118. The lowest BCUT2D eigenvalue weighted by Crippen LogP contribution is -2.18. The topological polar surface area (TPSA) is 76.7 Å². The van der Waals surface area contributed by atoms with Crippen molar-refractivity contribution in [2.45, 2.75) is 13.8 Å². The molecule has 138 valence electrons. The molecule has 0 heterocycles. The highest BCUT2D eigenvalue weighted by molar-refractivity contribution is 9.10. The third-order valence-corrected chi connectivity index (χ3v) is 4.28. The maximum absolute atomic E-state index is 12.4. The molecule has 7 heteroatoms. The number of hydrogen-bond acceptors (Lipinski definition) is 4. The van der Waals surface area contributed by atoms with Crippen LogP contribution in [0.3, 0.4) is 0 Å². The van der Waals surface area contributed by atoms with Crippen molar-refractivity contribution < 1.29 is 19.1 Å². The van der Waals surface area contributed by atoms with E-state index in [2.05, 4.69) is 26.6 Å². The van der Waals surface area contributed by atoms with Gasteiger partial charge >= 0.3 is 0 Å². The third-order valence-electron chi connectivity index (χ3n) is 3.66. The van der Waals surface area contributed by atoms with Gasteiger partial charge in [-0.05, 0) is 46.3 Å². The summed E-state index contributed by atoms with van der Waals surface area (Å²) in [4.78, 5) is 24.3. The summed E-state index contributed by atoms with van der Waals surface area (Å²) in [6, 6.07) is 10.1. The van der Waals surface area contributed by atoms with Crippen molar-refractivity contribution in [3.05, 3.63) is 46.4 Å². The lowest BCUT2D eigenvalue weighted by atomic mass is 10.1. The zero-order valence-corrected chi connectivity index (χ0v) is 16.6. The van der Waals surface area contributed by atoms with Gasteiger partial charge in [0.05, 0.1) is 24.4 Å². The first-order valence-corrected chi connectivity index (χ1v) is 8.78. The Kier molecular flexibility index (Phi) is 6.63. The number of methoxy groups -OCH3 is 2. The number of carbonyl (C=O) groups is 2. The molecule has 2 amide bonds. The Morgan fingerprint density at radius 1 is 0.962 bits per heavy atom. The summed E-state index contributed by atoms with van der Waals surface area (Å²) < 4.78 is 11.2. The fourth-order valence-electron chi connectivity index (χ4n) is 2.16. The van der Waals surface area contributed by atoms with Gasteiger partial charge < -0.3 is 20.1 Å². The van der Waals surface area contributed by atoms with Gasteiger partial charge in [-0.3, -0.25) is 9.59 Å². The van der Waals surface area contributed by atoms with E-state index < -0.39 is 0 Å². The van der Waals surface area contributed by atoms with Gasteiger partial charge in [0, 0.05) is 23.2 Å². The molecule has 0 saturated heterocycles. The molecule has 0 aliphatic carbocycles. The summed E-state index contributed by atoms with van der Waals surface area (Å²) >= 11 is 3.36. The second-order valence-corrected chi connectivity index (χ2v) is 6.72. The zero-order valence-electron chi connectivity index (χ0n) is 15.1.